The highest BCUT2D eigenvalue weighted by Crippen LogP contribution is 2.42. The summed E-state index contributed by atoms with van der Waals surface area (Å²) in [6.45, 7) is 4.04. The maximum Gasteiger partial charge on any atom is 0.397 e. The number of aliphatic hydroxyl groups excluding tert-OH is 1. The minimum atomic E-state index is -4.65. The molecule has 2 atom stereocenters. The number of rotatable bonds is 2. The van der Waals surface area contributed by atoms with Gasteiger partial charge in [0.05, 0.1) is 24.6 Å². The van der Waals surface area contributed by atoms with Crippen molar-refractivity contribution >= 4 is 11.5 Å². The Kier molecular flexibility index (Phi) is 6.79. The number of aromatic nitrogens is 3. The van der Waals surface area contributed by atoms with Gasteiger partial charge in [0.15, 0.2) is 5.82 Å². The Hall–Kier alpha value is -2.45. The fourth-order valence-corrected chi connectivity index (χ4v) is 3.01. The Morgan fingerprint density at radius 3 is 2.54 bits per heavy atom. The van der Waals surface area contributed by atoms with E-state index in [0.29, 0.717) is 11.1 Å². The molecule has 0 aliphatic carbocycles. The number of nitrogens with zero attached hydrogens (tertiary/aromatic N) is 4. The Bertz CT molecular complexity index is 854. The number of anilines is 1. The fraction of sp³-hybridized carbons (Fsp3) is 0.588. The highest BCUT2D eigenvalue weighted by Gasteiger charge is 2.46. The number of nitrogens with two attached hydrogens (primary N) is 1. The zero-order valence-electron chi connectivity index (χ0n) is 15.4. The average molecular weight is 403 g/mol. The zero-order valence-corrected chi connectivity index (χ0v) is 15.4. The van der Waals surface area contributed by atoms with Crippen molar-refractivity contribution in [2.75, 3.05) is 18.9 Å². The molecule has 0 spiro atoms. The first-order chi connectivity index (χ1) is 13.1. The second-order valence-electron chi connectivity index (χ2n) is 6.73. The minimum Gasteiger partial charge on any atom is -0.391 e. The van der Waals surface area contributed by atoms with Crippen molar-refractivity contribution in [3.05, 3.63) is 23.3 Å². The van der Waals surface area contributed by atoms with Crippen LogP contribution in [0.2, 0.25) is 0 Å². The van der Waals surface area contributed by atoms with Gasteiger partial charge in [-0.15, -0.1) is 5.10 Å². The van der Waals surface area contributed by atoms with E-state index >= 15 is 0 Å². The Balaban J connectivity index is 0.000000336. The predicted molar refractivity (Wildman–Crippen MR) is 91.8 cm³/mol. The lowest BCUT2D eigenvalue weighted by atomic mass is 9.90. The van der Waals surface area contributed by atoms with Crippen LogP contribution in [0.4, 0.5) is 23.5 Å². The van der Waals surface area contributed by atoms with Crippen molar-refractivity contribution < 1.29 is 27.4 Å². The monoisotopic (exact) mass is 403 g/mol. The third-order valence-corrected chi connectivity index (χ3v) is 4.24. The van der Waals surface area contributed by atoms with Gasteiger partial charge >= 0.3 is 6.18 Å². The number of aliphatic hydroxyl groups is 1. The van der Waals surface area contributed by atoms with Gasteiger partial charge in [-0.25, -0.2) is 13.9 Å². The normalized spacial score (nSPS) is 18.5. The molecule has 2 aromatic rings. The second-order valence-corrected chi connectivity index (χ2v) is 6.73. The molecule has 3 heterocycles. The largest absolute Gasteiger partial charge is 0.397 e. The molecule has 1 aliphatic heterocycles. The summed E-state index contributed by atoms with van der Waals surface area (Å²) < 4.78 is 59.6. The molecule has 28 heavy (non-hydrogen) atoms. The zero-order chi connectivity index (χ0) is 21.1. The van der Waals surface area contributed by atoms with Gasteiger partial charge in [0.2, 0.25) is 5.95 Å². The van der Waals surface area contributed by atoms with Gasteiger partial charge in [0, 0.05) is 6.61 Å². The van der Waals surface area contributed by atoms with E-state index in [-0.39, 0.29) is 17.6 Å². The van der Waals surface area contributed by atoms with Crippen LogP contribution in [0.5, 0.6) is 0 Å². The van der Waals surface area contributed by atoms with Crippen LogP contribution in [0, 0.1) is 23.1 Å². The van der Waals surface area contributed by atoms with Crippen LogP contribution in [-0.2, 0) is 4.74 Å². The summed E-state index contributed by atoms with van der Waals surface area (Å²) >= 11 is 0. The maximum absolute atomic E-state index is 14.1. The summed E-state index contributed by atoms with van der Waals surface area (Å²) in [7, 11) is 0. The molecule has 11 heteroatoms. The highest BCUT2D eigenvalue weighted by molar-refractivity contribution is 5.58. The number of halogens is 4. The van der Waals surface area contributed by atoms with E-state index in [1.807, 2.05) is 0 Å². The van der Waals surface area contributed by atoms with Crippen molar-refractivity contribution in [3.63, 3.8) is 0 Å². The molecule has 0 amide bonds. The summed E-state index contributed by atoms with van der Waals surface area (Å²) in [4.78, 5) is 3.54. The standard InChI is InChI=1S/C12H11F4N5.C5H10O2/c1-5(2)8(12(14,15)16)10-6(3-17)9(13)7-4-19-11(18)20-21(7)10;6-5-2-1-3-7-4-5/h4-5,8H,1-2H3,(H2,18,20);5-6H,1-4H2. The number of hydrogen-bond donors (Lipinski definition) is 2. The van der Waals surface area contributed by atoms with Crippen LogP contribution in [0.1, 0.15) is 43.9 Å². The molecule has 7 nitrogen and oxygen atoms in total. The Morgan fingerprint density at radius 2 is 2.11 bits per heavy atom. The van der Waals surface area contributed by atoms with Crippen molar-refractivity contribution in [1.29, 1.82) is 5.26 Å². The summed E-state index contributed by atoms with van der Waals surface area (Å²) in [6.07, 6.45) is -1.95. The van der Waals surface area contributed by atoms with E-state index in [1.165, 1.54) is 19.9 Å². The molecule has 3 rings (SSSR count). The van der Waals surface area contributed by atoms with E-state index in [0.717, 1.165) is 25.6 Å². The molecule has 1 aliphatic rings. The topological polar surface area (TPSA) is 109 Å². The molecular weight excluding hydrogens is 382 g/mol. The van der Waals surface area contributed by atoms with Crippen molar-refractivity contribution in [3.8, 4) is 6.07 Å². The number of nitrogen functional groups attached to an aromatic ring is 1. The van der Waals surface area contributed by atoms with Gasteiger partial charge in [-0.2, -0.15) is 18.4 Å². The fourth-order valence-electron chi connectivity index (χ4n) is 3.01. The number of hydrogen-bond acceptors (Lipinski definition) is 6. The molecule has 1 saturated heterocycles. The first kappa shape index (κ1) is 21.8. The smallest absolute Gasteiger partial charge is 0.391 e. The van der Waals surface area contributed by atoms with E-state index in [4.69, 9.17) is 20.8 Å². The highest BCUT2D eigenvalue weighted by atomic mass is 19.4. The number of alkyl halides is 3. The van der Waals surface area contributed by atoms with E-state index in [1.54, 1.807) is 0 Å². The average Bonchev–Trinajstić information content (AvgIpc) is 2.86. The van der Waals surface area contributed by atoms with Crippen LogP contribution < -0.4 is 5.73 Å². The summed E-state index contributed by atoms with van der Waals surface area (Å²) in [5, 5.41) is 21.4. The third-order valence-electron chi connectivity index (χ3n) is 4.24. The maximum atomic E-state index is 14.1. The van der Waals surface area contributed by atoms with Crippen LogP contribution in [0.3, 0.4) is 0 Å². The Labute approximate surface area is 158 Å². The molecule has 1 fully saturated rings. The lowest BCUT2D eigenvalue weighted by Gasteiger charge is -2.23. The van der Waals surface area contributed by atoms with Gasteiger partial charge in [0.25, 0.3) is 0 Å². The first-order valence-electron chi connectivity index (χ1n) is 8.63. The summed E-state index contributed by atoms with van der Waals surface area (Å²) in [5.74, 6) is -4.35. The van der Waals surface area contributed by atoms with Crippen molar-refractivity contribution in [2.24, 2.45) is 5.92 Å². The predicted octanol–water partition coefficient (Wildman–Crippen LogP) is 2.78. The Morgan fingerprint density at radius 1 is 1.43 bits per heavy atom. The van der Waals surface area contributed by atoms with Gasteiger partial charge in [-0.05, 0) is 18.8 Å². The summed E-state index contributed by atoms with van der Waals surface area (Å²) in [6, 6.07) is 1.48. The quantitative estimate of drug-likeness (QED) is 0.747. The van der Waals surface area contributed by atoms with Crippen LogP contribution in [0.15, 0.2) is 6.20 Å². The van der Waals surface area contributed by atoms with Crippen LogP contribution in [0.25, 0.3) is 5.52 Å². The minimum absolute atomic E-state index is 0.186. The molecule has 2 aromatic heterocycles. The van der Waals surface area contributed by atoms with Gasteiger partial charge in [-0.1, -0.05) is 13.8 Å². The number of fused-ring (bicyclic) bond motifs is 1. The molecule has 2 unspecified atom stereocenters. The van der Waals surface area contributed by atoms with Crippen LogP contribution >= 0.6 is 0 Å². The molecule has 0 aromatic carbocycles. The molecular formula is C17H21F4N5O2. The van der Waals surface area contributed by atoms with Gasteiger partial charge in [0.1, 0.15) is 23.1 Å². The lowest BCUT2D eigenvalue weighted by molar-refractivity contribution is -0.160. The number of nitriles is 1. The molecule has 0 saturated carbocycles. The van der Waals surface area contributed by atoms with E-state index in [9.17, 15) is 17.6 Å². The first-order valence-corrected chi connectivity index (χ1v) is 8.63. The number of ether oxygens (including phenoxy) is 1. The van der Waals surface area contributed by atoms with E-state index in [2.05, 4.69) is 10.1 Å². The molecule has 0 radical (unpaired) electrons. The molecule has 0 bridgehead atoms. The summed E-state index contributed by atoms with van der Waals surface area (Å²) in [5.41, 5.74) is 3.79. The van der Waals surface area contributed by atoms with E-state index < -0.39 is 35.1 Å². The van der Waals surface area contributed by atoms with Gasteiger partial charge in [-0.3, -0.25) is 0 Å². The second kappa shape index (κ2) is 8.70. The van der Waals surface area contributed by atoms with Crippen LogP contribution in [-0.4, -0.2) is 45.2 Å². The lowest BCUT2D eigenvalue weighted by Crippen LogP contribution is -2.28. The van der Waals surface area contributed by atoms with Crippen molar-refractivity contribution in [2.45, 2.75) is 44.9 Å². The van der Waals surface area contributed by atoms with Crippen molar-refractivity contribution in [1.82, 2.24) is 14.6 Å². The van der Waals surface area contributed by atoms with Gasteiger partial charge < -0.3 is 15.6 Å². The SMILES string of the molecule is CC(C)C(c1c(C#N)c(F)c2cnc(N)nn12)C(F)(F)F.OC1CCCOC1. The molecule has 154 valence electrons. The molecule has 3 N–H and O–H groups in total. The third kappa shape index (κ3) is 4.69.